The molecule has 1 aromatic heterocycles. The number of hydrogen-bond acceptors (Lipinski definition) is 2. The van der Waals surface area contributed by atoms with Crippen LogP contribution in [0.3, 0.4) is 0 Å². The van der Waals surface area contributed by atoms with Crippen molar-refractivity contribution in [3.63, 3.8) is 0 Å². The zero-order valence-corrected chi connectivity index (χ0v) is 9.33. The number of hydrogen-bond donors (Lipinski definition) is 1. The molecule has 15 heavy (non-hydrogen) atoms. The minimum atomic E-state index is -0.265. The SMILES string of the molecule is Fc1ccc(Nc2cccnc2)c(Br)c1. The summed E-state index contributed by atoms with van der Waals surface area (Å²) in [6.45, 7) is 0. The minimum absolute atomic E-state index is 0.265. The molecule has 0 fully saturated rings. The van der Waals surface area contributed by atoms with Gasteiger partial charge in [-0.1, -0.05) is 0 Å². The lowest BCUT2D eigenvalue weighted by atomic mass is 10.3. The zero-order chi connectivity index (χ0) is 10.7. The van der Waals surface area contributed by atoms with E-state index >= 15 is 0 Å². The summed E-state index contributed by atoms with van der Waals surface area (Å²) in [5, 5.41) is 3.12. The van der Waals surface area contributed by atoms with Crippen LogP contribution in [0.25, 0.3) is 0 Å². The molecule has 0 aliphatic heterocycles. The number of benzene rings is 1. The van der Waals surface area contributed by atoms with E-state index in [1.54, 1.807) is 18.5 Å². The lowest BCUT2D eigenvalue weighted by molar-refractivity contribution is 0.627. The summed E-state index contributed by atoms with van der Waals surface area (Å²) in [4.78, 5) is 3.98. The van der Waals surface area contributed by atoms with Crippen LogP contribution in [0.5, 0.6) is 0 Å². The molecular weight excluding hydrogens is 259 g/mol. The number of rotatable bonds is 2. The lowest BCUT2D eigenvalue weighted by Gasteiger charge is -2.07. The van der Waals surface area contributed by atoms with Crippen molar-refractivity contribution in [1.29, 1.82) is 0 Å². The third kappa shape index (κ3) is 2.53. The molecule has 0 saturated heterocycles. The maximum Gasteiger partial charge on any atom is 0.124 e. The van der Waals surface area contributed by atoms with E-state index < -0.39 is 0 Å². The van der Waals surface area contributed by atoms with E-state index in [2.05, 4.69) is 26.2 Å². The molecule has 0 bridgehead atoms. The fraction of sp³-hybridized carbons (Fsp3) is 0. The normalized spacial score (nSPS) is 10.0. The Balaban J connectivity index is 2.25. The molecule has 0 radical (unpaired) electrons. The summed E-state index contributed by atoms with van der Waals surface area (Å²) in [6.07, 6.45) is 3.40. The Hall–Kier alpha value is -1.42. The van der Waals surface area contributed by atoms with Crippen LogP contribution in [0, 0.1) is 5.82 Å². The van der Waals surface area contributed by atoms with Gasteiger partial charge in [-0.25, -0.2) is 4.39 Å². The molecule has 2 nitrogen and oxygen atoms in total. The fourth-order valence-electron chi connectivity index (χ4n) is 1.18. The Morgan fingerprint density at radius 2 is 2.13 bits per heavy atom. The van der Waals surface area contributed by atoms with Crippen molar-refractivity contribution in [3.8, 4) is 0 Å². The van der Waals surface area contributed by atoms with Crippen molar-refractivity contribution in [2.24, 2.45) is 0 Å². The monoisotopic (exact) mass is 266 g/mol. The van der Waals surface area contributed by atoms with Crippen molar-refractivity contribution < 1.29 is 4.39 Å². The highest BCUT2D eigenvalue weighted by molar-refractivity contribution is 9.10. The Morgan fingerprint density at radius 3 is 2.80 bits per heavy atom. The molecule has 1 aromatic carbocycles. The van der Waals surface area contributed by atoms with Gasteiger partial charge in [0.25, 0.3) is 0 Å². The van der Waals surface area contributed by atoms with Crippen LogP contribution in [0.1, 0.15) is 0 Å². The molecule has 76 valence electrons. The number of nitrogens with zero attached hydrogens (tertiary/aromatic N) is 1. The van der Waals surface area contributed by atoms with Crippen LogP contribution in [-0.2, 0) is 0 Å². The highest BCUT2D eigenvalue weighted by Gasteiger charge is 2.01. The molecule has 1 heterocycles. The van der Waals surface area contributed by atoms with Gasteiger partial charge < -0.3 is 5.32 Å². The predicted molar refractivity (Wildman–Crippen MR) is 61.6 cm³/mol. The van der Waals surface area contributed by atoms with E-state index in [1.165, 1.54) is 12.1 Å². The topological polar surface area (TPSA) is 24.9 Å². The molecule has 0 atom stereocenters. The maximum absolute atomic E-state index is 12.8. The van der Waals surface area contributed by atoms with Crippen molar-refractivity contribution >= 4 is 27.3 Å². The number of pyridine rings is 1. The first kappa shape index (κ1) is 10.1. The quantitative estimate of drug-likeness (QED) is 0.896. The van der Waals surface area contributed by atoms with Crippen molar-refractivity contribution in [2.45, 2.75) is 0 Å². The lowest BCUT2D eigenvalue weighted by Crippen LogP contribution is -1.92. The molecule has 0 spiro atoms. The third-order valence-corrected chi connectivity index (χ3v) is 2.53. The van der Waals surface area contributed by atoms with Gasteiger partial charge in [0.1, 0.15) is 5.82 Å². The number of halogens is 2. The first-order chi connectivity index (χ1) is 7.25. The average Bonchev–Trinajstić information content (AvgIpc) is 2.24. The van der Waals surface area contributed by atoms with E-state index in [0.717, 1.165) is 11.4 Å². The minimum Gasteiger partial charge on any atom is -0.353 e. The predicted octanol–water partition coefficient (Wildman–Crippen LogP) is 3.73. The van der Waals surface area contributed by atoms with Gasteiger partial charge in [-0.05, 0) is 46.3 Å². The van der Waals surface area contributed by atoms with Crippen molar-refractivity contribution in [3.05, 3.63) is 53.0 Å². The molecule has 1 N–H and O–H groups in total. The second-order valence-electron chi connectivity index (χ2n) is 2.99. The first-order valence-electron chi connectivity index (χ1n) is 4.38. The summed E-state index contributed by atoms with van der Waals surface area (Å²) < 4.78 is 13.5. The van der Waals surface area contributed by atoms with Crippen LogP contribution >= 0.6 is 15.9 Å². The average molecular weight is 267 g/mol. The summed E-state index contributed by atoms with van der Waals surface area (Å²) in [7, 11) is 0. The van der Waals surface area contributed by atoms with Crippen molar-refractivity contribution in [2.75, 3.05) is 5.32 Å². The summed E-state index contributed by atoms with van der Waals surface area (Å²) >= 11 is 3.28. The van der Waals surface area contributed by atoms with Gasteiger partial charge >= 0.3 is 0 Å². The van der Waals surface area contributed by atoms with Crippen LogP contribution in [0.15, 0.2) is 47.2 Å². The smallest absolute Gasteiger partial charge is 0.124 e. The van der Waals surface area contributed by atoms with Gasteiger partial charge in [0.05, 0.1) is 17.6 Å². The summed E-state index contributed by atoms with van der Waals surface area (Å²) in [5.41, 5.74) is 1.68. The zero-order valence-electron chi connectivity index (χ0n) is 7.74. The van der Waals surface area contributed by atoms with E-state index in [0.29, 0.717) is 4.47 Å². The molecule has 2 aromatic rings. The van der Waals surface area contributed by atoms with Crippen molar-refractivity contribution in [1.82, 2.24) is 4.98 Å². The number of nitrogens with one attached hydrogen (secondary N) is 1. The second-order valence-corrected chi connectivity index (χ2v) is 3.85. The first-order valence-corrected chi connectivity index (χ1v) is 5.17. The molecule has 2 rings (SSSR count). The maximum atomic E-state index is 12.8. The molecule has 4 heteroatoms. The van der Waals surface area contributed by atoms with Crippen LogP contribution in [-0.4, -0.2) is 4.98 Å². The van der Waals surface area contributed by atoms with Gasteiger partial charge in [-0.15, -0.1) is 0 Å². The fourth-order valence-corrected chi connectivity index (χ4v) is 1.63. The Morgan fingerprint density at radius 1 is 1.27 bits per heavy atom. The van der Waals surface area contributed by atoms with E-state index in [4.69, 9.17) is 0 Å². The highest BCUT2D eigenvalue weighted by atomic mass is 79.9. The van der Waals surface area contributed by atoms with Crippen LogP contribution in [0.2, 0.25) is 0 Å². The summed E-state index contributed by atoms with van der Waals surface area (Å²) in [6, 6.07) is 8.22. The molecule has 0 saturated carbocycles. The second kappa shape index (κ2) is 4.40. The number of anilines is 2. The third-order valence-electron chi connectivity index (χ3n) is 1.87. The van der Waals surface area contributed by atoms with Gasteiger partial charge in [-0.2, -0.15) is 0 Å². The molecule has 0 unspecified atom stereocenters. The highest BCUT2D eigenvalue weighted by Crippen LogP contribution is 2.25. The Bertz CT molecular complexity index is 459. The van der Waals surface area contributed by atoms with Gasteiger partial charge in [0.15, 0.2) is 0 Å². The summed E-state index contributed by atoms with van der Waals surface area (Å²) in [5.74, 6) is -0.265. The molecule has 0 amide bonds. The Labute approximate surface area is 95.3 Å². The molecule has 0 aliphatic carbocycles. The number of aromatic nitrogens is 1. The van der Waals surface area contributed by atoms with Gasteiger partial charge in [-0.3, -0.25) is 4.98 Å². The molecule has 0 aliphatic rings. The van der Waals surface area contributed by atoms with Gasteiger partial charge in [0, 0.05) is 10.7 Å². The molecular formula is C11H8BrFN2. The van der Waals surface area contributed by atoms with E-state index in [-0.39, 0.29) is 5.82 Å². The Kier molecular flexibility index (Phi) is 2.97. The largest absolute Gasteiger partial charge is 0.353 e. The van der Waals surface area contributed by atoms with Crippen LogP contribution in [0.4, 0.5) is 15.8 Å². The van der Waals surface area contributed by atoms with E-state index in [9.17, 15) is 4.39 Å². The standard InChI is InChI=1S/C11H8BrFN2/c12-10-6-8(13)3-4-11(10)15-9-2-1-5-14-7-9/h1-7,15H. The van der Waals surface area contributed by atoms with E-state index in [1.807, 2.05) is 12.1 Å². The van der Waals surface area contributed by atoms with Crippen LogP contribution < -0.4 is 5.32 Å². The van der Waals surface area contributed by atoms with Gasteiger partial charge in [0.2, 0.25) is 0 Å².